The second-order valence-corrected chi connectivity index (χ2v) is 6.13. The lowest BCUT2D eigenvalue weighted by Gasteiger charge is -2.20. The molecule has 0 spiro atoms. The third kappa shape index (κ3) is 5.98. The minimum absolute atomic E-state index is 0.0366. The zero-order valence-corrected chi connectivity index (χ0v) is 14.1. The van der Waals surface area contributed by atoms with Gasteiger partial charge in [-0.25, -0.2) is 8.78 Å². The SMILES string of the molecule is CCC(C)C(C)=N/C(=C(\C=C(C)C)C(C)(F)F)C(C)C. The van der Waals surface area contributed by atoms with Crippen LogP contribution in [0.15, 0.2) is 27.9 Å². The molecular formula is C17H29F2N. The largest absolute Gasteiger partial charge is 0.272 e. The Labute approximate surface area is 122 Å². The number of rotatable bonds is 6. The van der Waals surface area contributed by atoms with Crippen molar-refractivity contribution in [2.75, 3.05) is 0 Å². The Morgan fingerprint density at radius 3 is 1.95 bits per heavy atom. The van der Waals surface area contributed by atoms with Crippen LogP contribution in [0.4, 0.5) is 8.78 Å². The molecule has 0 aromatic rings. The number of aliphatic imine (C=N–C) groups is 1. The molecule has 0 amide bonds. The van der Waals surface area contributed by atoms with Gasteiger partial charge >= 0.3 is 0 Å². The lowest BCUT2D eigenvalue weighted by atomic mass is 9.97. The van der Waals surface area contributed by atoms with Gasteiger partial charge in [-0.3, -0.25) is 4.99 Å². The van der Waals surface area contributed by atoms with Crippen molar-refractivity contribution in [2.45, 2.75) is 67.7 Å². The highest BCUT2D eigenvalue weighted by atomic mass is 19.3. The van der Waals surface area contributed by atoms with E-state index in [9.17, 15) is 8.78 Å². The van der Waals surface area contributed by atoms with Crippen LogP contribution in [0.3, 0.4) is 0 Å². The van der Waals surface area contributed by atoms with Crippen LogP contribution in [-0.4, -0.2) is 11.6 Å². The summed E-state index contributed by atoms with van der Waals surface area (Å²) in [6.07, 6.45) is 2.52. The number of alkyl halides is 2. The van der Waals surface area contributed by atoms with E-state index in [2.05, 4.69) is 18.8 Å². The number of nitrogens with zero attached hydrogens (tertiary/aromatic N) is 1. The van der Waals surface area contributed by atoms with E-state index in [-0.39, 0.29) is 11.5 Å². The average molecular weight is 285 g/mol. The molecule has 3 heteroatoms. The molecule has 0 aliphatic heterocycles. The third-order valence-corrected chi connectivity index (χ3v) is 3.35. The number of hydrogen-bond donors (Lipinski definition) is 0. The summed E-state index contributed by atoms with van der Waals surface area (Å²) in [5.74, 6) is -2.61. The molecule has 0 rings (SSSR count). The van der Waals surface area contributed by atoms with Crippen molar-refractivity contribution >= 4 is 5.71 Å². The Hall–Kier alpha value is -0.990. The summed E-state index contributed by atoms with van der Waals surface area (Å²) in [7, 11) is 0. The maximum atomic E-state index is 13.9. The smallest absolute Gasteiger partial charge is 0.261 e. The maximum absolute atomic E-state index is 13.9. The number of hydrogen-bond acceptors (Lipinski definition) is 1. The van der Waals surface area contributed by atoms with E-state index >= 15 is 0 Å². The molecule has 0 aliphatic rings. The molecule has 116 valence electrons. The Morgan fingerprint density at radius 2 is 1.65 bits per heavy atom. The normalized spacial score (nSPS) is 16.1. The summed E-state index contributed by atoms with van der Waals surface area (Å²) in [5, 5.41) is 0. The maximum Gasteiger partial charge on any atom is 0.272 e. The van der Waals surface area contributed by atoms with Crippen molar-refractivity contribution in [1.29, 1.82) is 0 Å². The minimum Gasteiger partial charge on any atom is -0.261 e. The van der Waals surface area contributed by atoms with Crippen molar-refractivity contribution in [3.05, 3.63) is 22.9 Å². The molecule has 1 atom stereocenters. The Kier molecular flexibility index (Phi) is 7.32. The molecule has 0 fully saturated rings. The van der Waals surface area contributed by atoms with Gasteiger partial charge in [-0.05, 0) is 39.0 Å². The van der Waals surface area contributed by atoms with Crippen LogP contribution in [0.5, 0.6) is 0 Å². The van der Waals surface area contributed by atoms with Crippen LogP contribution in [0.25, 0.3) is 0 Å². The number of allylic oxidation sites excluding steroid dienone is 4. The second kappa shape index (κ2) is 7.70. The van der Waals surface area contributed by atoms with Gasteiger partial charge in [0.2, 0.25) is 0 Å². The van der Waals surface area contributed by atoms with E-state index in [1.54, 1.807) is 6.08 Å². The van der Waals surface area contributed by atoms with Gasteiger partial charge in [-0.2, -0.15) is 0 Å². The van der Waals surface area contributed by atoms with Crippen LogP contribution in [0.1, 0.15) is 61.8 Å². The van der Waals surface area contributed by atoms with Gasteiger partial charge in [-0.1, -0.05) is 39.3 Å². The molecular weight excluding hydrogens is 256 g/mol. The minimum atomic E-state index is -2.88. The molecule has 0 saturated heterocycles. The molecule has 0 aromatic carbocycles. The van der Waals surface area contributed by atoms with E-state index in [1.165, 1.54) is 0 Å². The first-order valence-electron chi connectivity index (χ1n) is 7.33. The molecule has 0 aromatic heterocycles. The lowest BCUT2D eigenvalue weighted by Crippen LogP contribution is -2.18. The number of halogens is 2. The predicted octanol–water partition coefficient (Wildman–Crippen LogP) is 6.02. The van der Waals surface area contributed by atoms with Crippen molar-refractivity contribution < 1.29 is 8.78 Å². The molecule has 0 saturated carbocycles. The van der Waals surface area contributed by atoms with Crippen molar-refractivity contribution in [3.8, 4) is 0 Å². The summed E-state index contributed by atoms with van der Waals surface area (Å²) >= 11 is 0. The van der Waals surface area contributed by atoms with E-state index in [0.717, 1.165) is 24.6 Å². The lowest BCUT2D eigenvalue weighted by molar-refractivity contribution is 0.0655. The van der Waals surface area contributed by atoms with Gasteiger partial charge in [0.15, 0.2) is 0 Å². The van der Waals surface area contributed by atoms with Crippen LogP contribution >= 0.6 is 0 Å². The first kappa shape index (κ1) is 19.0. The molecule has 0 heterocycles. The Bertz CT molecular complexity index is 405. The van der Waals surface area contributed by atoms with Crippen molar-refractivity contribution in [1.82, 2.24) is 0 Å². The Balaban J connectivity index is 6.06. The van der Waals surface area contributed by atoms with Gasteiger partial charge in [-0.15, -0.1) is 0 Å². The van der Waals surface area contributed by atoms with Gasteiger partial charge in [0, 0.05) is 18.2 Å². The summed E-state index contributed by atoms with van der Waals surface area (Å²) in [5.41, 5.74) is 2.31. The van der Waals surface area contributed by atoms with E-state index in [4.69, 9.17) is 0 Å². The van der Waals surface area contributed by atoms with Gasteiger partial charge in [0.1, 0.15) is 0 Å². The zero-order valence-electron chi connectivity index (χ0n) is 14.1. The summed E-state index contributed by atoms with van der Waals surface area (Å²) in [6.45, 7) is 14.5. The molecule has 1 unspecified atom stereocenters. The molecule has 0 N–H and O–H groups in total. The van der Waals surface area contributed by atoms with Crippen LogP contribution in [0, 0.1) is 11.8 Å². The fraction of sp³-hybridized carbons (Fsp3) is 0.706. The highest BCUT2D eigenvalue weighted by Gasteiger charge is 2.30. The van der Waals surface area contributed by atoms with Crippen molar-refractivity contribution in [3.63, 3.8) is 0 Å². The Morgan fingerprint density at radius 1 is 1.15 bits per heavy atom. The predicted molar refractivity (Wildman–Crippen MR) is 84.5 cm³/mol. The monoisotopic (exact) mass is 285 g/mol. The second-order valence-electron chi connectivity index (χ2n) is 6.13. The highest BCUT2D eigenvalue weighted by Crippen LogP contribution is 2.32. The van der Waals surface area contributed by atoms with E-state index < -0.39 is 5.92 Å². The van der Waals surface area contributed by atoms with Gasteiger partial charge in [0.05, 0.1) is 5.70 Å². The zero-order chi connectivity index (χ0) is 16.1. The fourth-order valence-corrected chi connectivity index (χ4v) is 1.81. The van der Waals surface area contributed by atoms with E-state index in [1.807, 2.05) is 34.6 Å². The molecule has 0 radical (unpaired) electrons. The summed E-state index contributed by atoms with van der Waals surface area (Å²) < 4.78 is 27.8. The highest BCUT2D eigenvalue weighted by molar-refractivity contribution is 5.85. The van der Waals surface area contributed by atoms with Crippen molar-refractivity contribution in [2.24, 2.45) is 16.8 Å². The summed E-state index contributed by atoms with van der Waals surface area (Å²) in [6, 6.07) is 0. The molecule has 0 bridgehead atoms. The topological polar surface area (TPSA) is 12.4 Å². The first-order chi connectivity index (χ1) is 9.00. The first-order valence-corrected chi connectivity index (χ1v) is 7.33. The van der Waals surface area contributed by atoms with Crippen LogP contribution < -0.4 is 0 Å². The van der Waals surface area contributed by atoms with Crippen LogP contribution in [0.2, 0.25) is 0 Å². The van der Waals surface area contributed by atoms with Crippen LogP contribution in [-0.2, 0) is 0 Å². The van der Waals surface area contributed by atoms with Gasteiger partial charge < -0.3 is 0 Å². The summed E-state index contributed by atoms with van der Waals surface area (Å²) in [4.78, 5) is 4.54. The standard InChI is InChI=1S/C17H29F2N/c1-9-13(6)14(7)20-16(12(4)5)15(10-11(2)3)17(8,18)19/h10,12-13H,9H2,1-8H3/b16-15+,20-14?. The average Bonchev–Trinajstić information content (AvgIpc) is 2.30. The fourth-order valence-electron chi connectivity index (χ4n) is 1.81. The van der Waals surface area contributed by atoms with E-state index in [0.29, 0.717) is 11.6 Å². The molecule has 20 heavy (non-hydrogen) atoms. The third-order valence-electron chi connectivity index (χ3n) is 3.35. The van der Waals surface area contributed by atoms with Gasteiger partial charge in [0.25, 0.3) is 5.92 Å². The molecule has 1 nitrogen and oxygen atoms in total. The molecule has 0 aliphatic carbocycles. The quantitative estimate of drug-likeness (QED) is 0.417.